The Morgan fingerprint density at radius 1 is 1.00 bits per heavy atom. The highest BCUT2D eigenvalue weighted by Gasteiger charge is 2.17. The van der Waals surface area contributed by atoms with Crippen LogP contribution < -0.4 is 5.56 Å². The average Bonchev–Trinajstić information content (AvgIpc) is 3.43. The van der Waals surface area contributed by atoms with Gasteiger partial charge in [-0.15, -0.1) is 0 Å². The minimum absolute atomic E-state index is 0.290. The normalized spacial score (nSPS) is 11.8. The standard InChI is InChI=1S/C29H20BrFN4O2/c1-17-13-20(18(2)34(17)23-10-8-22(31)9-11-23)16-32-35-28(33-25-6-4-3-5-24(25)29(35)36)27-15-19-14-21(30)7-12-26(19)37-27/h3-16H,1-2H3. The second kappa shape index (κ2) is 8.97. The molecule has 0 spiro atoms. The molecule has 0 amide bonds. The molecule has 6 nitrogen and oxygen atoms in total. The Morgan fingerprint density at radius 3 is 2.59 bits per heavy atom. The van der Waals surface area contributed by atoms with Crippen molar-refractivity contribution < 1.29 is 8.81 Å². The fourth-order valence-electron chi connectivity index (χ4n) is 4.54. The summed E-state index contributed by atoms with van der Waals surface area (Å²) in [6.45, 7) is 3.92. The summed E-state index contributed by atoms with van der Waals surface area (Å²) in [6.07, 6.45) is 1.64. The van der Waals surface area contributed by atoms with Crippen molar-refractivity contribution in [2.45, 2.75) is 13.8 Å². The number of fused-ring (bicyclic) bond motifs is 2. The van der Waals surface area contributed by atoms with E-state index < -0.39 is 0 Å². The summed E-state index contributed by atoms with van der Waals surface area (Å²) in [6, 6.07) is 23.0. The number of para-hydroxylation sites is 1. The first-order chi connectivity index (χ1) is 17.9. The van der Waals surface area contributed by atoms with Gasteiger partial charge in [0.05, 0.1) is 17.1 Å². The van der Waals surface area contributed by atoms with Gasteiger partial charge in [-0.3, -0.25) is 4.79 Å². The predicted octanol–water partition coefficient (Wildman–Crippen LogP) is 7.00. The largest absolute Gasteiger partial charge is 0.453 e. The summed E-state index contributed by atoms with van der Waals surface area (Å²) in [7, 11) is 0. The Morgan fingerprint density at radius 2 is 1.78 bits per heavy atom. The third kappa shape index (κ3) is 4.09. The number of rotatable bonds is 4. The molecule has 0 bridgehead atoms. The summed E-state index contributed by atoms with van der Waals surface area (Å²) < 4.78 is 23.7. The molecule has 8 heteroatoms. The molecule has 6 rings (SSSR count). The molecule has 3 aromatic carbocycles. The lowest BCUT2D eigenvalue weighted by Crippen LogP contribution is -2.20. The molecule has 0 aliphatic heterocycles. The van der Waals surface area contributed by atoms with Crippen LogP contribution in [-0.4, -0.2) is 20.4 Å². The van der Waals surface area contributed by atoms with E-state index in [1.165, 1.54) is 16.8 Å². The molecule has 3 heterocycles. The van der Waals surface area contributed by atoms with Crippen molar-refractivity contribution in [3.05, 3.63) is 116 Å². The molecule has 37 heavy (non-hydrogen) atoms. The van der Waals surface area contributed by atoms with Crippen LogP contribution >= 0.6 is 15.9 Å². The van der Waals surface area contributed by atoms with Gasteiger partial charge in [0.25, 0.3) is 5.56 Å². The summed E-state index contributed by atoms with van der Waals surface area (Å²) in [5.74, 6) is 0.450. The van der Waals surface area contributed by atoms with Crippen LogP contribution in [0.2, 0.25) is 0 Å². The Kier molecular flexibility index (Phi) is 5.61. The second-order valence-corrected chi connectivity index (χ2v) is 9.66. The van der Waals surface area contributed by atoms with Gasteiger partial charge in [0.1, 0.15) is 11.4 Å². The molecule has 0 saturated carbocycles. The van der Waals surface area contributed by atoms with Crippen LogP contribution in [0.5, 0.6) is 0 Å². The van der Waals surface area contributed by atoms with Gasteiger partial charge in [-0.1, -0.05) is 28.1 Å². The third-order valence-corrected chi connectivity index (χ3v) is 6.81. The zero-order valence-electron chi connectivity index (χ0n) is 19.9. The fourth-order valence-corrected chi connectivity index (χ4v) is 4.92. The van der Waals surface area contributed by atoms with E-state index in [9.17, 15) is 9.18 Å². The number of halogens is 2. The van der Waals surface area contributed by atoms with Gasteiger partial charge >= 0.3 is 0 Å². The van der Waals surface area contributed by atoms with E-state index >= 15 is 0 Å². The smallest absolute Gasteiger partial charge is 0.282 e. The molecule has 0 radical (unpaired) electrons. The first-order valence-electron chi connectivity index (χ1n) is 11.6. The van der Waals surface area contributed by atoms with Crippen molar-refractivity contribution in [2.24, 2.45) is 5.10 Å². The van der Waals surface area contributed by atoms with Gasteiger partial charge in [0.15, 0.2) is 5.76 Å². The van der Waals surface area contributed by atoms with Crippen molar-refractivity contribution in [3.8, 4) is 17.3 Å². The molecular weight excluding hydrogens is 535 g/mol. The van der Waals surface area contributed by atoms with Gasteiger partial charge in [-0.25, -0.2) is 9.37 Å². The summed E-state index contributed by atoms with van der Waals surface area (Å²) in [5, 5.41) is 5.92. The lowest BCUT2D eigenvalue weighted by atomic mass is 10.2. The maximum absolute atomic E-state index is 13.5. The lowest BCUT2D eigenvalue weighted by Gasteiger charge is -2.09. The average molecular weight is 555 g/mol. The monoisotopic (exact) mass is 554 g/mol. The zero-order chi connectivity index (χ0) is 25.7. The van der Waals surface area contributed by atoms with Crippen molar-refractivity contribution in [1.82, 2.24) is 14.2 Å². The fraction of sp³-hybridized carbons (Fsp3) is 0.0690. The van der Waals surface area contributed by atoms with Crippen LogP contribution in [-0.2, 0) is 0 Å². The van der Waals surface area contributed by atoms with E-state index in [-0.39, 0.29) is 11.4 Å². The number of aryl methyl sites for hydroxylation is 1. The van der Waals surface area contributed by atoms with E-state index in [0.29, 0.717) is 28.1 Å². The van der Waals surface area contributed by atoms with Gasteiger partial charge in [0, 0.05) is 32.5 Å². The van der Waals surface area contributed by atoms with Crippen molar-refractivity contribution in [2.75, 3.05) is 0 Å². The van der Waals surface area contributed by atoms with Crippen LogP contribution in [0.1, 0.15) is 17.0 Å². The number of hydrogen-bond donors (Lipinski definition) is 0. The van der Waals surface area contributed by atoms with E-state index in [4.69, 9.17) is 9.40 Å². The molecule has 0 aliphatic rings. The summed E-state index contributed by atoms with van der Waals surface area (Å²) in [4.78, 5) is 18.3. The van der Waals surface area contributed by atoms with Crippen LogP contribution in [0, 0.1) is 19.7 Å². The first-order valence-corrected chi connectivity index (χ1v) is 12.4. The highest BCUT2D eigenvalue weighted by atomic mass is 79.9. The molecule has 0 fully saturated rings. The number of furan rings is 1. The Balaban J connectivity index is 1.51. The first kappa shape index (κ1) is 23.1. The summed E-state index contributed by atoms with van der Waals surface area (Å²) in [5.41, 5.74) is 4.47. The molecular formula is C29H20BrFN4O2. The van der Waals surface area contributed by atoms with Gasteiger partial charge < -0.3 is 8.98 Å². The lowest BCUT2D eigenvalue weighted by molar-refractivity contribution is 0.616. The van der Waals surface area contributed by atoms with Gasteiger partial charge in [-0.05, 0) is 80.6 Å². The number of benzene rings is 3. The number of nitrogens with zero attached hydrogens (tertiary/aromatic N) is 4. The molecule has 182 valence electrons. The Labute approximate surface area is 219 Å². The summed E-state index contributed by atoms with van der Waals surface area (Å²) >= 11 is 3.49. The zero-order valence-corrected chi connectivity index (χ0v) is 21.5. The molecule has 3 aromatic heterocycles. The van der Waals surface area contributed by atoms with E-state index in [2.05, 4.69) is 21.0 Å². The maximum Gasteiger partial charge on any atom is 0.282 e. The Hall–Kier alpha value is -4.30. The van der Waals surface area contributed by atoms with Crippen LogP contribution in [0.15, 0.2) is 97.6 Å². The molecule has 0 atom stereocenters. The van der Waals surface area contributed by atoms with Crippen molar-refractivity contribution >= 4 is 44.0 Å². The molecule has 0 N–H and O–H groups in total. The molecule has 0 unspecified atom stereocenters. The highest BCUT2D eigenvalue weighted by molar-refractivity contribution is 9.10. The van der Waals surface area contributed by atoms with E-state index in [0.717, 1.165) is 32.5 Å². The topological polar surface area (TPSA) is 65.3 Å². The molecule has 0 saturated heterocycles. The quantitative estimate of drug-likeness (QED) is 0.220. The minimum atomic E-state index is -0.300. The van der Waals surface area contributed by atoms with Crippen LogP contribution in [0.25, 0.3) is 39.1 Å². The third-order valence-electron chi connectivity index (χ3n) is 6.32. The number of aromatic nitrogens is 3. The van der Waals surface area contributed by atoms with E-state index in [1.807, 2.05) is 54.8 Å². The molecule has 0 aliphatic carbocycles. The minimum Gasteiger partial charge on any atom is -0.453 e. The predicted molar refractivity (Wildman–Crippen MR) is 147 cm³/mol. The SMILES string of the molecule is Cc1cc(C=Nn2c(-c3cc4cc(Br)ccc4o3)nc3ccccc3c2=O)c(C)n1-c1ccc(F)cc1. The highest BCUT2D eigenvalue weighted by Crippen LogP contribution is 2.29. The number of hydrogen-bond acceptors (Lipinski definition) is 4. The van der Waals surface area contributed by atoms with Crippen LogP contribution in [0.4, 0.5) is 4.39 Å². The van der Waals surface area contributed by atoms with Gasteiger partial charge in [0.2, 0.25) is 5.82 Å². The second-order valence-electron chi connectivity index (χ2n) is 8.75. The van der Waals surface area contributed by atoms with Gasteiger partial charge in [-0.2, -0.15) is 9.78 Å². The van der Waals surface area contributed by atoms with Crippen LogP contribution in [0.3, 0.4) is 0 Å². The molecule has 6 aromatic rings. The van der Waals surface area contributed by atoms with E-state index in [1.54, 1.807) is 36.5 Å². The van der Waals surface area contributed by atoms with Crippen molar-refractivity contribution in [1.29, 1.82) is 0 Å². The van der Waals surface area contributed by atoms with Crippen molar-refractivity contribution in [3.63, 3.8) is 0 Å². The maximum atomic E-state index is 13.5. The Bertz CT molecular complexity index is 1900.